The Labute approximate surface area is 104 Å². The van der Waals surface area contributed by atoms with E-state index in [0.717, 1.165) is 25.9 Å². The fourth-order valence-electron chi connectivity index (χ4n) is 2.80. The molecular weight excluding hydrogens is 238 g/mol. The molecule has 2 aliphatic rings. The number of hydrogen-bond donors (Lipinski definition) is 0. The molecule has 3 rings (SSSR count). The Bertz CT molecular complexity index is 409. The molecule has 6 heteroatoms. The molecule has 3 heterocycles. The highest BCUT2D eigenvalue weighted by Crippen LogP contribution is 2.32. The van der Waals surface area contributed by atoms with Crippen LogP contribution in [0.15, 0.2) is 5.38 Å². The number of carbonyl (C=O) groups excluding carboxylic acids is 1. The van der Waals surface area contributed by atoms with Crippen LogP contribution < -0.4 is 0 Å². The van der Waals surface area contributed by atoms with Gasteiger partial charge in [0.25, 0.3) is 5.91 Å². The Balaban J connectivity index is 1.69. The van der Waals surface area contributed by atoms with Crippen molar-refractivity contribution in [2.75, 3.05) is 13.1 Å². The molecular formula is C11H15N3O2S. The van der Waals surface area contributed by atoms with Crippen LogP contribution in [0.3, 0.4) is 0 Å². The molecule has 0 saturated carbocycles. The molecule has 2 saturated heterocycles. The first-order chi connectivity index (χ1) is 8.24. The Kier molecular flexibility index (Phi) is 2.84. The van der Waals surface area contributed by atoms with E-state index in [9.17, 15) is 4.79 Å². The van der Waals surface area contributed by atoms with E-state index < -0.39 is 0 Å². The predicted molar refractivity (Wildman–Crippen MR) is 62.9 cm³/mol. The van der Waals surface area contributed by atoms with Crippen LogP contribution in [0.5, 0.6) is 0 Å². The normalized spacial score (nSPS) is 32.5. The maximum atomic E-state index is 12.1. The summed E-state index contributed by atoms with van der Waals surface area (Å²) in [7, 11) is 0. The van der Waals surface area contributed by atoms with Crippen molar-refractivity contribution in [1.82, 2.24) is 14.5 Å². The van der Waals surface area contributed by atoms with Crippen LogP contribution in [-0.4, -0.2) is 45.7 Å². The van der Waals surface area contributed by atoms with Gasteiger partial charge in [-0.2, -0.15) is 0 Å². The molecule has 17 heavy (non-hydrogen) atoms. The van der Waals surface area contributed by atoms with Gasteiger partial charge in [-0.15, -0.1) is 5.10 Å². The second-order valence-electron chi connectivity index (χ2n) is 4.81. The number of ether oxygens (including phenoxy) is 1. The van der Waals surface area contributed by atoms with Gasteiger partial charge in [0.15, 0.2) is 5.69 Å². The summed E-state index contributed by atoms with van der Waals surface area (Å²) in [5, 5.41) is 5.55. The van der Waals surface area contributed by atoms with Crippen LogP contribution in [0.4, 0.5) is 0 Å². The Morgan fingerprint density at radius 3 is 3.29 bits per heavy atom. The molecule has 92 valence electrons. The van der Waals surface area contributed by atoms with Gasteiger partial charge in [-0.25, -0.2) is 0 Å². The van der Waals surface area contributed by atoms with E-state index in [1.54, 1.807) is 5.38 Å². The lowest BCUT2D eigenvalue weighted by Crippen LogP contribution is -2.44. The molecule has 1 aromatic rings. The van der Waals surface area contributed by atoms with E-state index in [-0.39, 0.29) is 5.91 Å². The second kappa shape index (κ2) is 4.34. The zero-order valence-corrected chi connectivity index (χ0v) is 10.5. The Morgan fingerprint density at radius 1 is 1.65 bits per heavy atom. The summed E-state index contributed by atoms with van der Waals surface area (Å²) in [6, 6.07) is 0. The summed E-state index contributed by atoms with van der Waals surface area (Å²) in [5.41, 5.74) is 0.473. The van der Waals surface area contributed by atoms with Crippen molar-refractivity contribution in [2.45, 2.75) is 32.0 Å². The molecule has 0 N–H and O–H groups in total. The van der Waals surface area contributed by atoms with Gasteiger partial charge in [-0.1, -0.05) is 4.49 Å². The molecule has 0 aromatic carbocycles. The van der Waals surface area contributed by atoms with Crippen molar-refractivity contribution in [3.8, 4) is 0 Å². The van der Waals surface area contributed by atoms with Crippen molar-refractivity contribution in [1.29, 1.82) is 0 Å². The summed E-state index contributed by atoms with van der Waals surface area (Å²) < 4.78 is 9.56. The zero-order chi connectivity index (χ0) is 11.8. The number of aromatic nitrogens is 2. The van der Waals surface area contributed by atoms with Gasteiger partial charge < -0.3 is 9.64 Å². The zero-order valence-electron chi connectivity index (χ0n) is 9.70. The molecule has 0 unspecified atom stereocenters. The lowest BCUT2D eigenvalue weighted by molar-refractivity contribution is 0.00850. The number of nitrogens with zero attached hydrogens (tertiary/aromatic N) is 3. The van der Waals surface area contributed by atoms with Crippen LogP contribution >= 0.6 is 11.5 Å². The molecule has 2 aliphatic heterocycles. The van der Waals surface area contributed by atoms with Crippen molar-refractivity contribution in [3.05, 3.63) is 11.1 Å². The van der Waals surface area contributed by atoms with E-state index in [0.29, 0.717) is 23.8 Å². The van der Waals surface area contributed by atoms with Gasteiger partial charge in [0.2, 0.25) is 0 Å². The average molecular weight is 253 g/mol. The third-order valence-electron chi connectivity index (χ3n) is 3.57. The fourth-order valence-corrected chi connectivity index (χ4v) is 3.23. The highest BCUT2D eigenvalue weighted by Gasteiger charge is 2.38. The first-order valence-corrected chi connectivity index (χ1v) is 6.79. The Morgan fingerprint density at radius 2 is 2.53 bits per heavy atom. The van der Waals surface area contributed by atoms with Crippen LogP contribution in [-0.2, 0) is 4.74 Å². The van der Waals surface area contributed by atoms with Gasteiger partial charge in [-0.05, 0) is 31.3 Å². The maximum Gasteiger partial charge on any atom is 0.275 e. The highest BCUT2D eigenvalue weighted by atomic mass is 32.1. The molecule has 5 nitrogen and oxygen atoms in total. The molecule has 0 bridgehead atoms. The number of amides is 1. The van der Waals surface area contributed by atoms with Gasteiger partial charge in [0, 0.05) is 24.4 Å². The summed E-state index contributed by atoms with van der Waals surface area (Å²) >= 11 is 1.22. The van der Waals surface area contributed by atoms with E-state index in [1.165, 1.54) is 11.5 Å². The summed E-state index contributed by atoms with van der Waals surface area (Å²) in [4.78, 5) is 14.0. The summed E-state index contributed by atoms with van der Waals surface area (Å²) in [6.45, 7) is 3.67. The van der Waals surface area contributed by atoms with Gasteiger partial charge in [-0.3, -0.25) is 4.79 Å². The third-order valence-corrected chi connectivity index (χ3v) is 4.08. The number of likely N-dealkylation sites (tertiary alicyclic amines) is 1. The summed E-state index contributed by atoms with van der Waals surface area (Å²) in [6.07, 6.45) is 2.69. The lowest BCUT2D eigenvalue weighted by Gasteiger charge is -2.33. The largest absolute Gasteiger partial charge is 0.375 e. The third kappa shape index (κ3) is 2.07. The molecule has 0 aliphatic carbocycles. The molecule has 3 atom stereocenters. The SMILES string of the molecule is C[C@H]1C[C@H]2CN(C(=O)c3csnn3)CC[C@@H]2O1. The maximum absolute atomic E-state index is 12.1. The minimum absolute atomic E-state index is 0.0109. The number of fused-ring (bicyclic) bond motifs is 1. The smallest absolute Gasteiger partial charge is 0.275 e. The van der Waals surface area contributed by atoms with Crippen molar-refractivity contribution in [3.63, 3.8) is 0 Å². The predicted octanol–water partition coefficient (Wildman–Crippen LogP) is 1.18. The monoisotopic (exact) mass is 253 g/mol. The summed E-state index contributed by atoms with van der Waals surface area (Å²) in [5.74, 6) is 0.506. The molecule has 1 aromatic heterocycles. The second-order valence-corrected chi connectivity index (χ2v) is 5.42. The number of hydrogen-bond acceptors (Lipinski definition) is 5. The Hall–Kier alpha value is -1.01. The van der Waals surface area contributed by atoms with Crippen LogP contribution in [0, 0.1) is 5.92 Å². The number of piperidine rings is 1. The van der Waals surface area contributed by atoms with Gasteiger partial charge >= 0.3 is 0 Å². The van der Waals surface area contributed by atoms with Crippen molar-refractivity contribution in [2.24, 2.45) is 5.92 Å². The van der Waals surface area contributed by atoms with Gasteiger partial charge in [0.05, 0.1) is 12.2 Å². The fraction of sp³-hybridized carbons (Fsp3) is 0.727. The first-order valence-electron chi connectivity index (χ1n) is 5.96. The topological polar surface area (TPSA) is 55.3 Å². The van der Waals surface area contributed by atoms with Crippen molar-refractivity contribution >= 4 is 17.4 Å². The number of carbonyl (C=O) groups is 1. The standard InChI is InChI=1S/C11H15N3O2S/c1-7-4-8-5-14(3-2-10(8)16-7)11(15)9-6-17-13-12-9/h6-8,10H,2-5H2,1H3/t7-,8-,10-/m0/s1. The molecule has 2 fully saturated rings. The van der Waals surface area contributed by atoms with E-state index in [4.69, 9.17) is 4.74 Å². The van der Waals surface area contributed by atoms with E-state index >= 15 is 0 Å². The molecule has 0 radical (unpaired) electrons. The van der Waals surface area contributed by atoms with Crippen molar-refractivity contribution < 1.29 is 9.53 Å². The highest BCUT2D eigenvalue weighted by molar-refractivity contribution is 7.03. The average Bonchev–Trinajstić information content (AvgIpc) is 2.94. The number of rotatable bonds is 1. The van der Waals surface area contributed by atoms with Crippen LogP contribution in [0.1, 0.15) is 30.3 Å². The molecule has 0 spiro atoms. The van der Waals surface area contributed by atoms with E-state index in [1.807, 2.05) is 4.90 Å². The molecule has 1 amide bonds. The minimum Gasteiger partial charge on any atom is -0.375 e. The van der Waals surface area contributed by atoms with Crippen LogP contribution in [0.2, 0.25) is 0 Å². The van der Waals surface area contributed by atoms with Gasteiger partial charge in [0.1, 0.15) is 0 Å². The lowest BCUT2D eigenvalue weighted by atomic mass is 9.93. The van der Waals surface area contributed by atoms with E-state index in [2.05, 4.69) is 16.5 Å². The first kappa shape index (κ1) is 11.1. The quantitative estimate of drug-likeness (QED) is 0.754. The van der Waals surface area contributed by atoms with Crippen LogP contribution in [0.25, 0.3) is 0 Å². The minimum atomic E-state index is 0.0109.